The molecule has 1 aromatic rings. The maximum Gasteiger partial charge on any atom is 0.410 e. The normalized spacial score (nSPS) is 16.7. The maximum atomic E-state index is 12.0. The first-order chi connectivity index (χ1) is 10.9. The molecule has 1 heterocycles. The Morgan fingerprint density at radius 1 is 1.22 bits per heavy atom. The van der Waals surface area contributed by atoms with Gasteiger partial charge in [-0.3, -0.25) is 4.90 Å². The first-order valence-corrected chi connectivity index (χ1v) is 7.90. The van der Waals surface area contributed by atoms with Crippen LogP contribution in [0.5, 0.6) is 0 Å². The van der Waals surface area contributed by atoms with E-state index in [4.69, 9.17) is 10.6 Å². The van der Waals surface area contributed by atoms with Gasteiger partial charge in [-0.25, -0.2) is 4.79 Å². The molecule has 126 valence electrons. The van der Waals surface area contributed by atoms with E-state index in [0.717, 1.165) is 25.2 Å². The monoisotopic (exact) mass is 318 g/mol. The molecular weight excluding hydrogens is 292 g/mol. The van der Waals surface area contributed by atoms with Gasteiger partial charge in [-0.15, -0.1) is 0 Å². The fourth-order valence-corrected chi connectivity index (χ4v) is 2.47. The average molecular weight is 318 g/mol. The zero-order chi connectivity index (χ0) is 16.9. The summed E-state index contributed by atoms with van der Waals surface area (Å²) in [6.07, 6.45) is 1.41. The van der Waals surface area contributed by atoms with Crippen molar-refractivity contribution in [1.29, 1.82) is 0 Å². The smallest absolute Gasteiger partial charge is 0.410 e. The number of ether oxygens (including phenoxy) is 1. The average Bonchev–Trinajstić information content (AvgIpc) is 2.48. The highest BCUT2D eigenvalue weighted by Crippen LogP contribution is 2.13. The third kappa shape index (κ3) is 5.56. The molecule has 1 aliphatic rings. The molecule has 6 nitrogen and oxygen atoms in total. The summed E-state index contributed by atoms with van der Waals surface area (Å²) < 4.78 is 5.41. The molecule has 23 heavy (non-hydrogen) atoms. The number of benzene rings is 1. The van der Waals surface area contributed by atoms with E-state index in [1.54, 1.807) is 11.1 Å². The van der Waals surface area contributed by atoms with Crippen molar-refractivity contribution in [3.63, 3.8) is 0 Å². The fraction of sp³-hybridized carbons (Fsp3) is 0.529. The van der Waals surface area contributed by atoms with Gasteiger partial charge < -0.3 is 15.5 Å². The molecule has 6 heteroatoms. The molecule has 1 amide bonds. The Hall–Kier alpha value is -2.08. The lowest BCUT2D eigenvalue weighted by molar-refractivity contribution is 0.0139. The van der Waals surface area contributed by atoms with Gasteiger partial charge in [-0.05, 0) is 31.9 Å². The predicted octanol–water partition coefficient (Wildman–Crippen LogP) is 2.03. The van der Waals surface area contributed by atoms with Gasteiger partial charge in [0.2, 0.25) is 0 Å². The Balaban J connectivity index is 1.81. The lowest BCUT2D eigenvalue weighted by Crippen LogP contribution is -2.49. The van der Waals surface area contributed by atoms with Crippen LogP contribution >= 0.6 is 0 Å². The highest BCUT2D eigenvalue weighted by atomic mass is 16.6. The molecule has 0 aromatic heterocycles. The number of carbonyl (C=O) groups is 1. The van der Waals surface area contributed by atoms with E-state index >= 15 is 0 Å². The molecule has 1 saturated heterocycles. The Labute approximate surface area is 137 Å². The quantitative estimate of drug-likeness (QED) is 0.526. The molecule has 2 N–H and O–H groups in total. The van der Waals surface area contributed by atoms with Crippen molar-refractivity contribution in [1.82, 2.24) is 9.80 Å². The van der Waals surface area contributed by atoms with Crippen molar-refractivity contribution in [2.24, 2.45) is 10.9 Å². The van der Waals surface area contributed by atoms with Gasteiger partial charge in [-0.1, -0.05) is 24.3 Å². The zero-order valence-electron chi connectivity index (χ0n) is 14.2. The maximum absolute atomic E-state index is 12.0. The predicted molar refractivity (Wildman–Crippen MR) is 91.3 cm³/mol. The molecule has 0 unspecified atom stereocenters. The first-order valence-electron chi connectivity index (χ1n) is 7.90. The van der Waals surface area contributed by atoms with Gasteiger partial charge in [0.05, 0.1) is 6.21 Å². The number of nitrogens with two attached hydrogens (primary N) is 1. The van der Waals surface area contributed by atoms with E-state index in [1.807, 2.05) is 32.9 Å². The summed E-state index contributed by atoms with van der Waals surface area (Å²) in [6, 6.07) is 8.17. The summed E-state index contributed by atoms with van der Waals surface area (Å²) in [6.45, 7) is 9.65. The van der Waals surface area contributed by atoms with E-state index in [0.29, 0.717) is 13.1 Å². The number of carbonyl (C=O) groups excluding carboxylic acids is 1. The van der Waals surface area contributed by atoms with Crippen molar-refractivity contribution in [2.75, 3.05) is 26.2 Å². The van der Waals surface area contributed by atoms with Gasteiger partial charge in [-0.2, -0.15) is 5.10 Å². The third-order valence-corrected chi connectivity index (χ3v) is 3.63. The largest absolute Gasteiger partial charge is 0.444 e. The third-order valence-electron chi connectivity index (χ3n) is 3.63. The standard InChI is InChI=1S/C17H26N4O2/c1-17(2,3)23-16(22)21-10-8-20(9-11-21)13-15-6-4-14(5-7-15)12-19-18/h4-7,12H,8-11,13,18H2,1-3H3. The molecular formula is C17H26N4O2. The number of rotatable bonds is 3. The number of hydrogen-bond donors (Lipinski definition) is 1. The molecule has 2 rings (SSSR count). The Kier molecular flexibility index (Phi) is 5.60. The van der Waals surface area contributed by atoms with E-state index in [1.165, 1.54) is 5.56 Å². The van der Waals surface area contributed by atoms with Crippen LogP contribution in [0.15, 0.2) is 29.4 Å². The van der Waals surface area contributed by atoms with Crippen LogP contribution in [0.4, 0.5) is 4.79 Å². The van der Waals surface area contributed by atoms with Gasteiger partial charge in [0.1, 0.15) is 5.60 Å². The lowest BCUT2D eigenvalue weighted by Gasteiger charge is -2.35. The van der Waals surface area contributed by atoms with E-state index in [-0.39, 0.29) is 6.09 Å². The van der Waals surface area contributed by atoms with Crippen molar-refractivity contribution >= 4 is 12.3 Å². The SMILES string of the molecule is CC(C)(C)OC(=O)N1CCN(Cc2ccc(C=NN)cc2)CC1. The van der Waals surface area contributed by atoms with Gasteiger partial charge in [0, 0.05) is 32.7 Å². The van der Waals surface area contributed by atoms with Gasteiger partial charge in [0.15, 0.2) is 0 Å². The Morgan fingerprint density at radius 3 is 2.35 bits per heavy atom. The minimum atomic E-state index is -0.442. The van der Waals surface area contributed by atoms with E-state index in [9.17, 15) is 4.79 Å². The fourth-order valence-electron chi connectivity index (χ4n) is 2.47. The second-order valence-corrected chi connectivity index (χ2v) is 6.76. The summed E-state index contributed by atoms with van der Waals surface area (Å²) in [7, 11) is 0. The summed E-state index contributed by atoms with van der Waals surface area (Å²) in [4.78, 5) is 16.2. The van der Waals surface area contributed by atoms with Gasteiger partial charge >= 0.3 is 6.09 Å². The van der Waals surface area contributed by atoms with Crippen LogP contribution in [0, 0.1) is 0 Å². The molecule has 0 radical (unpaired) electrons. The molecule has 1 fully saturated rings. The second-order valence-electron chi connectivity index (χ2n) is 6.76. The lowest BCUT2D eigenvalue weighted by atomic mass is 10.1. The highest BCUT2D eigenvalue weighted by molar-refractivity contribution is 5.79. The van der Waals surface area contributed by atoms with E-state index in [2.05, 4.69) is 22.1 Å². The summed E-state index contributed by atoms with van der Waals surface area (Å²) in [5.41, 5.74) is 1.79. The number of hydrazone groups is 1. The molecule has 0 aliphatic carbocycles. The zero-order valence-corrected chi connectivity index (χ0v) is 14.2. The number of amides is 1. The van der Waals surface area contributed by atoms with Crippen molar-refractivity contribution in [3.8, 4) is 0 Å². The number of hydrogen-bond acceptors (Lipinski definition) is 5. The van der Waals surface area contributed by atoms with Crippen LogP contribution in [-0.2, 0) is 11.3 Å². The Bertz CT molecular complexity index is 541. The van der Waals surface area contributed by atoms with Crippen LogP contribution in [0.3, 0.4) is 0 Å². The van der Waals surface area contributed by atoms with E-state index < -0.39 is 5.60 Å². The Morgan fingerprint density at radius 2 is 1.83 bits per heavy atom. The first kappa shape index (κ1) is 17.3. The van der Waals surface area contributed by atoms with Crippen molar-refractivity contribution < 1.29 is 9.53 Å². The highest BCUT2D eigenvalue weighted by Gasteiger charge is 2.25. The second kappa shape index (κ2) is 7.46. The summed E-state index contributed by atoms with van der Waals surface area (Å²) >= 11 is 0. The van der Waals surface area contributed by atoms with Crippen molar-refractivity contribution in [3.05, 3.63) is 35.4 Å². The van der Waals surface area contributed by atoms with Crippen LogP contribution in [0.2, 0.25) is 0 Å². The minimum absolute atomic E-state index is 0.220. The number of piperazine rings is 1. The topological polar surface area (TPSA) is 71.2 Å². The summed E-state index contributed by atoms with van der Waals surface area (Å²) in [5.74, 6) is 5.14. The summed E-state index contributed by atoms with van der Waals surface area (Å²) in [5, 5.41) is 3.52. The minimum Gasteiger partial charge on any atom is -0.444 e. The molecule has 0 atom stereocenters. The van der Waals surface area contributed by atoms with Crippen LogP contribution in [0.1, 0.15) is 31.9 Å². The molecule has 1 aliphatic heterocycles. The molecule has 0 bridgehead atoms. The molecule has 0 spiro atoms. The molecule has 1 aromatic carbocycles. The molecule has 0 saturated carbocycles. The van der Waals surface area contributed by atoms with Crippen LogP contribution in [-0.4, -0.2) is 53.9 Å². The number of nitrogens with zero attached hydrogens (tertiary/aromatic N) is 3. The van der Waals surface area contributed by atoms with Crippen molar-refractivity contribution in [2.45, 2.75) is 32.9 Å². The van der Waals surface area contributed by atoms with Gasteiger partial charge in [0.25, 0.3) is 0 Å². The van der Waals surface area contributed by atoms with Crippen LogP contribution in [0.25, 0.3) is 0 Å². The van der Waals surface area contributed by atoms with Crippen LogP contribution < -0.4 is 5.84 Å².